The number of ether oxygens (including phenoxy) is 1. The molecule has 2 atom stereocenters. The van der Waals surface area contributed by atoms with Gasteiger partial charge in [0.15, 0.2) is 0 Å². The normalized spacial score (nSPS) is 23.1. The van der Waals surface area contributed by atoms with Crippen molar-refractivity contribution in [1.29, 1.82) is 0 Å². The zero-order valence-corrected chi connectivity index (χ0v) is 11.1. The fourth-order valence-electron chi connectivity index (χ4n) is 2.64. The first-order chi connectivity index (χ1) is 8.72. The van der Waals surface area contributed by atoms with Crippen molar-refractivity contribution in [1.82, 2.24) is 9.97 Å². The van der Waals surface area contributed by atoms with Gasteiger partial charge in [-0.25, -0.2) is 4.98 Å². The second kappa shape index (κ2) is 6.00. The van der Waals surface area contributed by atoms with E-state index >= 15 is 0 Å². The Kier molecular flexibility index (Phi) is 4.36. The lowest BCUT2D eigenvalue weighted by atomic mass is 9.96. The van der Waals surface area contributed by atoms with Gasteiger partial charge in [0.05, 0.1) is 7.11 Å². The Morgan fingerprint density at radius 2 is 2.17 bits per heavy atom. The Balaban J connectivity index is 1.95. The van der Waals surface area contributed by atoms with E-state index in [4.69, 9.17) is 10.5 Å². The molecule has 1 aliphatic rings. The van der Waals surface area contributed by atoms with Crippen molar-refractivity contribution >= 4 is 5.95 Å². The first kappa shape index (κ1) is 13.1. The third kappa shape index (κ3) is 3.10. The predicted octanol–water partition coefficient (Wildman–Crippen LogP) is 1.58. The average Bonchev–Trinajstić information content (AvgIpc) is 2.83. The Bertz CT molecular complexity index is 397. The van der Waals surface area contributed by atoms with E-state index in [9.17, 15) is 0 Å². The summed E-state index contributed by atoms with van der Waals surface area (Å²) in [4.78, 5) is 8.65. The minimum absolute atomic E-state index is 0.604. The Morgan fingerprint density at radius 3 is 2.89 bits per heavy atom. The van der Waals surface area contributed by atoms with Crippen LogP contribution in [-0.4, -0.2) is 30.2 Å². The summed E-state index contributed by atoms with van der Waals surface area (Å²) in [6, 6.07) is 1.82. The minimum atomic E-state index is 0.604. The number of methoxy groups -OCH3 is 1. The molecule has 3 N–H and O–H groups in total. The van der Waals surface area contributed by atoms with Crippen LogP contribution in [0.1, 0.15) is 25.0 Å². The van der Waals surface area contributed by atoms with E-state index in [1.807, 2.05) is 13.0 Å². The zero-order chi connectivity index (χ0) is 13.0. The molecule has 1 fully saturated rings. The lowest BCUT2D eigenvalue weighted by Gasteiger charge is -2.18. The molecule has 5 heteroatoms. The molecule has 0 aromatic carbocycles. The standard InChI is InChI=1S/C13H22N4O/c1-9-6-12(18-2)17-13(16-9)15-8-11-5-3-4-10(11)7-14/h6,10-11H,3-5,7-8,14H2,1-2H3,(H,15,16,17). The highest BCUT2D eigenvalue weighted by Gasteiger charge is 2.25. The van der Waals surface area contributed by atoms with Crippen molar-refractivity contribution in [3.8, 4) is 5.88 Å². The van der Waals surface area contributed by atoms with Gasteiger partial charge < -0.3 is 15.8 Å². The Morgan fingerprint density at radius 1 is 1.39 bits per heavy atom. The van der Waals surface area contributed by atoms with Crippen LogP contribution in [0.2, 0.25) is 0 Å². The molecule has 0 radical (unpaired) electrons. The minimum Gasteiger partial charge on any atom is -0.481 e. The van der Waals surface area contributed by atoms with Crippen LogP contribution in [0.3, 0.4) is 0 Å². The van der Waals surface area contributed by atoms with Gasteiger partial charge in [0.2, 0.25) is 11.8 Å². The maximum Gasteiger partial charge on any atom is 0.226 e. The van der Waals surface area contributed by atoms with Gasteiger partial charge in [-0.1, -0.05) is 6.42 Å². The summed E-state index contributed by atoms with van der Waals surface area (Å²) in [5, 5.41) is 3.31. The van der Waals surface area contributed by atoms with E-state index in [0.29, 0.717) is 23.7 Å². The number of aromatic nitrogens is 2. The molecule has 2 rings (SSSR count). The van der Waals surface area contributed by atoms with E-state index in [-0.39, 0.29) is 0 Å². The quantitative estimate of drug-likeness (QED) is 0.830. The first-order valence-electron chi connectivity index (χ1n) is 6.56. The molecule has 1 aromatic heterocycles. The maximum atomic E-state index is 5.78. The molecule has 1 heterocycles. The summed E-state index contributed by atoms with van der Waals surface area (Å²) in [5.41, 5.74) is 6.69. The van der Waals surface area contributed by atoms with Gasteiger partial charge in [0.1, 0.15) is 0 Å². The highest BCUT2D eigenvalue weighted by Crippen LogP contribution is 2.30. The third-order valence-electron chi connectivity index (χ3n) is 3.68. The van der Waals surface area contributed by atoms with Gasteiger partial charge in [-0.3, -0.25) is 0 Å². The van der Waals surface area contributed by atoms with Crippen LogP contribution in [0, 0.1) is 18.8 Å². The molecule has 0 amide bonds. The highest BCUT2D eigenvalue weighted by molar-refractivity contribution is 5.30. The first-order valence-corrected chi connectivity index (χ1v) is 6.56. The van der Waals surface area contributed by atoms with Crippen molar-refractivity contribution in [3.63, 3.8) is 0 Å². The Hall–Kier alpha value is -1.36. The molecule has 100 valence electrons. The predicted molar refractivity (Wildman–Crippen MR) is 71.7 cm³/mol. The summed E-state index contributed by atoms with van der Waals surface area (Å²) in [6.45, 7) is 3.62. The molecule has 5 nitrogen and oxygen atoms in total. The summed E-state index contributed by atoms with van der Waals surface area (Å²) in [7, 11) is 1.62. The summed E-state index contributed by atoms with van der Waals surface area (Å²) < 4.78 is 5.14. The average molecular weight is 250 g/mol. The number of nitrogens with two attached hydrogens (primary N) is 1. The maximum absolute atomic E-state index is 5.78. The van der Waals surface area contributed by atoms with E-state index in [1.54, 1.807) is 7.11 Å². The van der Waals surface area contributed by atoms with Crippen molar-refractivity contribution in [2.45, 2.75) is 26.2 Å². The molecule has 0 spiro atoms. The van der Waals surface area contributed by atoms with E-state index in [1.165, 1.54) is 19.3 Å². The largest absolute Gasteiger partial charge is 0.481 e. The molecule has 0 aliphatic heterocycles. The third-order valence-corrected chi connectivity index (χ3v) is 3.68. The van der Waals surface area contributed by atoms with E-state index in [0.717, 1.165) is 18.8 Å². The number of anilines is 1. The van der Waals surface area contributed by atoms with Crippen molar-refractivity contribution < 1.29 is 4.74 Å². The van der Waals surface area contributed by atoms with Gasteiger partial charge in [0, 0.05) is 18.3 Å². The zero-order valence-electron chi connectivity index (χ0n) is 11.1. The molecular weight excluding hydrogens is 228 g/mol. The van der Waals surface area contributed by atoms with Crippen LogP contribution >= 0.6 is 0 Å². The lowest BCUT2D eigenvalue weighted by molar-refractivity contribution is 0.395. The van der Waals surface area contributed by atoms with Crippen molar-refractivity contribution in [2.24, 2.45) is 17.6 Å². The van der Waals surface area contributed by atoms with Crippen LogP contribution in [0.15, 0.2) is 6.07 Å². The van der Waals surface area contributed by atoms with E-state index < -0.39 is 0 Å². The second-order valence-corrected chi connectivity index (χ2v) is 4.94. The number of rotatable bonds is 5. The number of hydrogen-bond acceptors (Lipinski definition) is 5. The van der Waals surface area contributed by atoms with E-state index in [2.05, 4.69) is 15.3 Å². The fraction of sp³-hybridized carbons (Fsp3) is 0.692. The molecule has 0 bridgehead atoms. The monoisotopic (exact) mass is 250 g/mol. The van der Waals surface area contributed by atoms with Gasteiger partial charge in [-0.05, 0) is 38.1 Å². The second-order valence-electron chi connectivity index (χ2n) is 4.94. The summed E-state index contributed by atoms with van der Waals surface area (Å²) in [6.07, 6.45) is 3.78. The van der Waals surface area contributed by atoms with Gasteiger partial charge in [-0.2, -0.15) is 4.98 Å². The Labute approximate surface area is 108 Å². The van der Waals surface area contributed by atoms with Crippen molar-refractivity contribution in [2.75, 3.05) is 25.5 Å². The number of hydrogen-bond donors (Lipinski definition) is 2. The summed E-state index contributed by atoms with van der Waals surface area (Å²) in [5.74, 6) is 2.54. The number of nitrogens with zero attached hydrogens (tertiary/aromatic N) is 2. The molecule has 0 saturated heterocycles. The number of aryl methyl sites for hydroxylation is 1. The van der Waals surface area contributed by atoms with Crippen LogP contribution in [0.5, 0.6) is 5.88 Å². The van der Waals surface area contributed by atoms with Crippen molar-refractivity contribution in [3.05, 3.63) is 11.8 Å². The fourth-order valence-corrected chi connectivity index (χ4v) is 2.64. The molecular formula is C13H22N4O. The highest BCUT2D eigenvalue weighted by atomic mass is 16.5. The van der Waals surface area contributed by atoms with Crippen LogP contribution in [-0.2, 0) is 0 Å². The molecule has 1 aliphatic carbocycles. The SMILES string of the molecule is COc1cc(C)nc(NCC2CCCC2CN)n1. The molecule has 1 aromatic rings. The van der Waals surface area contributed by atoms with Gasteiger partial charge in [0.25, 0.3) is 0 Å². The smallest absolute Gasteiger partial charge is 0.226 e. The lowest BCUT2D eigenvalue weighted by Crippen LogP contribution is -2.25. The van der Waals surface area contributed by atoms with Crippen LogP contribution in [0.25, 0.3) is 0 Å². The summed E-state index contributed by atoms with van der Waals surface area (Å²) >= 11 is 0. The van der Waals surface area contributed by atoms with Crippen LogP contribution < -0.4 is 15.8 Å². The molecule has 2 unspecified atom stereocenters. The van der Waals surface area contributed by atoms with Gasteiger partial charge >= 0.3 is 0 Å². The van der Waals surface area contributed by atoms with Crippen LogP contribution in [0.4, 0.5) is 5.95 Å². The molecule has 1 saturated carbocycles. The number of nitrogens with one attached hydrogen (secondary N) is 1. The topological polar surface area (TPSA) is 73.1 Å². The van der Waals surface area contributed by atoms with Gasteiger partial charge in [-0.15, -0.1) is 0 Å². The molecule has 18 heavy (non-hydrogen) atoms.